The van der Waals surface area contributed by atoms with Gasteiger partial charge in [-0.05, 0) is 26.3 Å². The molecule has 76 valence electrons. The largest absolute Gasteiger partial charge is 0.432 e. The van der Waals surface area contributed by atoms with Crippen molar-refractivity contribution in [1.82, 2.24) is 10.3 Å². The van der Waals surface area contributed by atoms with E-state index in [1.165, 1.54) is 6.26 Å². The summed E-state index contributed by atoms with van der Waals surface area (Å²) in [6.07, 6.45) is 3.44. The standard InChI is InChI=1S/C9H13N3O2/c1-6-5-14-9(11-6)12-8(13)7-3-2-4-10-7/h5,7,10H,2-4H2,1H3,(H,11,12,13)/t7-/m0/s1. The van der Waals surface area contributed by atoms with E-state index < -0.39 is 0 Å². The van der Waals surface area contributed by atoms with Gasteiger partial charge >= 0.3 is 6.01 Å². The molecule has 2 heterocycles. The molecule has 0 spiro atoms. The van der Waals surface area contributed by atoms with Crippen molar-refractivity contribution in [3.63, 3.8) is 0 Å². The number of oxazole rings is 1. The molecule has 1 amide bonds. The number of nitrogens with one attached hydrogen (secondary N) is 2. The molecule has 0 aromatic carbocycles. The maximum absolute atomic E-state index is 11.6. The Balaban J connectivity index is 1.93. The Morgan fingerprint density at radius 1 is 1.79 bits per heavy atom. The van der Waals surface area contributed by atoms with Crippen molar-refractivity contribution in [3.05, 3.63) is 12.0 Å². The van der Waals surface area contributed by atoms with Gasteiger partial charge in [0.15, 0.2) is 0 Å². The molecule has 1 aliphatic heterocycles. The van der Waals surface area contributed by atoms with Crippen molar-refractivity contribution >= 4 is 11.9 Å². The van der Waals surface area contributed by atoms with Crippen molar-refractivity contribution in [2.75, 3.05) is 11.9 Å². The van der Waals surface area contributed by atoms with Gasteiger partial charge in [-0.1, -0.05) is 0 Å². The number of aryl methyl sites for hydroxylation is 1. The van der Waals surface area contributed by atoms with Gasteiger partial charge in [-0.3, -0.25) is 10.1 Å². The van der Waals surface area contributed by atoms with Gasteiger partial charge in [0.25, 0.3) is 0 Å². The summed E-state index contributed by atoms with van der Waals surface area (Å²) in [6, 6.07) is 0.184. The monoisotopic (exact) mass is 195 g/mol. The molecule has 2 N–H and O–H groups in total. The second-order valence-electron chi connectivity index (χ2n) is 3.43. The van der Waals surface area contributed by atoms with E-state index >= 15 is 0 Å². The molecule has 14 heavy (non-hydrogen) atoms. The molecule has 1 aromatic rings. The van der Waals surface area contributed by atoms with Gasteiger partial charge in [0.05, 0.1) is 11.7 Å². The molecule has 0 bridgehead atoms. The lowest BCUT2D eigenvalue weighted by molar-refractivity contribution is -0.117. The fourth-order valence-electron chi connectivity index (χ4n) is 1.51. The van der Waals surface area contributed by atoms with Crippen molar-refractivity contribution in [2.45, 2.75) is 25.8 Å². The summed E-state index contributed by atoms with van der Waals surface area (Å²) in [5.74, 6) is -0.0654. The normalized spacial score (nSPS) is 21.1. The van der Waals surface area contributed by atoms with Gasteiger partial charge in [0.2, 0.25) is 5.91 Å². The smallest absolute Gasteiger partial charge is 0.301 e. The summed E-state index contributed by atoms with van der Waals surface area (Å²) in [6.45, 7) is 2.72. The van der Waals surface area contributed by atoms with Gasteiger partial charge in [-0.25, -0.2) is 0 Å². The number of carbonyl (C=O) groups excluding carboxylic acids is 1. The lowest BCUT2D eigenvalue weighted by Crippen LogP contribution is -2.35. The highest BCUT2D eigenvalue weighted by Crippen LogP contribution is 2.10. The van der Waals surface area contributed by atoms with Gasteiger partial charge < -0.3 is 9.73 Å². The average molecular weight is 195 g/mol. The lowest BCUT2D eigenvalue weighted by atomic mass is 10.2. The van der Waals surface area contributed by atoms with E-state index in [1.807, 2.05) is 6.92 Å². The van der Waals surface area contributed by atoms with E-state index in [1.54, 1.807) is 0 Å². The fraction of sp³-hybridized carbons (Fsp3) is 0.556. The molecule has 1 saturated heterocycles. The van der Waals surface area contributed by atoms with Crippen LogP contribution in [0.3, 0.4) is 0 Å². The summed E-state index contributed by atoms with van der Waals surface area (Å²) in [5, 5.41) is 5.73. The predicted octanol–water partition coefficient (Wildman–Crippen LogP) is 0.674. The van der Waals surface area contributed by atoms with Crippen molar-refractivity contribution < 1.29 is 9.21 Å². The van der Waals surface area contributed by atoms with Crippen LogP contribution < -0.4 is 10.6 Å². The van der Waals surface area contributed by atoms with E-state index in [0.29, 0.717) is 0 Å². The number of hydrogen-bond donors (Lipinski definition) is 2. The molecule has 0 radical (unpaired) electrons. The maximum atomic E-state index is 11.6. The Hall–Kier alpha value is -1.36. The van der Waals surface area contributed by atoms with Crippen LogP contribution in [0.4, 0.5) is 6.01 Å². The molecule has 1 aromatic heterocycles. The number of carbonyl (C=O) groups is 1. The summed E-state index contributed by atoms with van der Waals surface area (Å²) in [4.78, 5) is 15.5. The minimum absolute atomic E-state index is 0.0654. The Bertz CT molecular complexity index is 329. The zero-order valence-corrected chi connectivity index (χ0v) is 8.04. The van der Waals surface area contributed by atoms with Crippen LogP contribution in [0.1, 0.15) is 18.5 Å². The first-order valence-electron chi connectivity index (χ1n) is 4.72. The van der Waals surface area contributed by atoms with Crippen LogP contribution in [-0.2, 0) is 4.79 Å². The molecular weight excluding hydrogens is 182 g/mol. The predicted molar refractivity (Wildman–Crippen MR) is 50.9 cm³/mol. The van der Waals surface area contributed by atoms with E-state index in [4.69, 9.17) is 4.42 Å². The molecular formula is C9H13N3O2. The minimum atomic E-state index is -0.0952. The molecule has 0 aliphatic carbocycles. The Labute approximate surface area is 81.9 Å². The number of aromatic nitrogens is 1. The number of rotatable bonds is 2. The number of amides is 1. The third kappa shape index (κ3) is 1.93. The third-order valence-corrected chi connectivity index (χ3v) is 2.23. The van der Waals surface area contributed by atoms with Crippen LogP contribution in [0.15, 0.2) is 10.7 Å². The summed E-state index contributed by atoms with van der Waals surface area (Å²) >= 11 is 0. The SMILES string of the molecule is Cc1coc(NC(=O)[C@@H]2CCCN2)n1. The highest BCUT2D eigenvalue weighted by Gasteiger charge is 2.22. The molecule has 5 heteroatoms. The van der Waals surface area contributed by atoms with Crippen molar-refractivity contribution in [1.29, 1.82) is 0 Å². The topological polar surface area (TPSA) is 67.2 Å². The van der Waals surface area contributed by atoms with E-state index in [9.17, 15) is 4.79 Å². The van der Waals surface area contributed by atoms with Gasteiger partial charge in [0.1, 0.15) is 6.26 Å². The third-order valence-electron chi connectivity index (χ3n) is 2.23. The molecule has 5 nitrogen and oxygen atoms in total. The first kappa shape index (κ1) is 9.21. The Kier molecular flexibility index (Phi) is 2.49. The van der Waals surface area contributed by atoms with Gasteiger partial charge in [-0.15, -0.1) is 0 Å². The minimum Gasteiger partial charge on any atom is -0.432 e. The number of anilines is 1. The summed E-state index contributed by atoms with van der Waals surface area (Å²) < 4.78 is 5.02. The zero-order valence-electron chi connectivity index (χ0n) is 8.04. The van der Waals surface area contributed by atoms with Crippen LogP contribution in [0, 0.1) is 6.92 Å². The van der Waals surface area contributed by atoms with Crippen LogP contribution >= 0.6 is 0 Å². The van der Waals surface area contributed by atoms with E-state index in [-0.39, 0.29) is 18.0 Å². The average Bonchev–Trinajstić information content (AvgIpc) is 2.75. The van der Waals surface area contributed by atoms with E-state index in [0.717, 1.165) is 25.1 Å². The second kappa shape index (κ2) is 3.79. The molecule has 1 atom stereocenters. The number of nitrogens with zero attached hydrogens (tertiary/aromatic N) is 1. The van der Waals surface area contributed by atoms with Crippen molar-refractivity contribution in [3.8, 4) is 0 Å². The van der Waals surface area contributed by atoms with Crippen LogP contribution in [0.25, 0.3) is 0 Å². The quantitative estimate of drug-likeness (QED) is 0.728. The first-order chi connectivity index (χ1) is 6.75. The second-order valence-corrected chi connectivity index (χ2v) is 3.43. The maximum Gasteiger partial charge on any atom is 0.301 e. The Morgan fingerprint density at radius 2 is 2.64 bits per heavy atom. The fourth-order valence-corrected chi connectivity index (χ4v) is 1.51. The zero-order chi connectivity index (χ0) is 9.97. The highest BCUT2D eigenvalue weighted by molar-refractivity contribution is 5.93. The molecule has 1 fully saturated rings. The van der Waals surface area contributed by atoms with Crippen LogP contribution in [-0.4, -0.2) is 23.5 Å². The van der Waals surface area contributed by atoms with Crippen LogP contribution in [0.5, 0.6) is 0 Å². The molecule has 2 rings (SSSR count). The Morgan fingerprint density at radius 3 is 3.21 bits per heavy atom. The first-order valence-corrected chi connectivity index (χ1v) is 4.72. The number of hydrogen-bond acceptors (Lipinski definition) is 4. The molecule has 0 unspecified atom stereocenters. The van der Waals surface area contributed by atoms with Gasteiger partial charge in [0, 0.05) is 0 Å². The van der Waals surface area contributed by atoms with E-state index in [2.05, 4.69) is 15.6 Å². The highest BCUT2D eigenvalue weighted by atomic mass is 16.4. The van der Waals surface area contributed by atoms with Gasteiger partial charge in [-0.2, -0.15) is 4.98 Å². The lowest BCUT2D eigenvalue weighted by Gasteiger charge is -2.07. The van der Waals surface area contributed by atoms with Crippen molar-refractivity contribution in [2.24, 2.45) is 0 Å². The molecule has 0 saturated carbocycles. The summed E-state index contributed by atoms with van der Waals surface area (Å²) in [7, 11) is 0. The molecule has 1 aliphatic rings. The summed E-state index contributed by atoms with van der Waals surface area (Å²) in [5.41, 5.74) is 0.764. The van der Waals surface area contributed by atoms with Crippen LogP contribution in [0.2, 0.25) is 0 Å².